The molecular formula is C32H31F6N2O4P. The van der Waals surface area contributed by atoms with E-state index in [1.807, 2.05) is 0 Å². The van der Waals surface area contributed by atoms with Gasteiger partial charge in [0, 0.05) is 23.5 Å². The summed E-state index contributed by atoms with van der Waals surface area (Å²) in [6, 6.07) is 13.5. The molecule has 3 aromatic carbocycles. The molecule has 240 valence electrons. The van der Waals surface area contributed by atoms with E-state index in [-0.39, 0.29) is 23.0 Å². The zero-order chi connectivity index (χ0) is 32.8. The summed E-state index contributed by atoms with van der Waals surface area (Å²) < 4.78 is 86.0. The minimum atomic E-state index is -4.57. The number of aromatic nitrogens is 1. The summed E-state index contributed by atoms with van der Waals surface area (Å²) in [7, 11) is -1.03. The Morgan fingerprint density at radius 3 is 2.18 bits per heavy atom. The second kappa shape index (κ2) is 14.4. The second-order valence-electron chi connectivity index (χ2n) is 10.7. The molecular weight excluding hydrogens is 621 g/mol. The number of ketones is 1. The van der Waals surface area contributed by atoms with Crippen molar-refractivity contribution >= 4 is 30.3 Å². The molecule has 1 aromatic heterocycles. The van der Waals surface area contributed by atoms with E-state index < -0.39 is 43.8 Å². The Hall–Kier alpha value is -4.05. The first-order valence-corrected chi connectivity index (χ1v) is 15.8. The number of rotatable bonds is 13. The largest absolute Gasteiger partial charge is 0.506 e. The molecule has 1 heterocycles. The molecule has 1 amide bonds. The Labute approximate surface area is 256 Å². The Morgan fingerprint density at radius 2 is 1.58 bits per heavy atom. The molecule has 0 radical (unpaired) electrons. The summed E-state index contributed by atoms with van der Waals surface area (Å²) in [5.41, 5.74) is -0.0405. The van der Waals surface area contributed by atoms with Crippen LogP contribution in [0.15, 0.2) is 66.5 Å². The maximum absolute atomic E-state index is 12.8. The zero-order valence-corrected chi connectivity index (χ0v) is 25.1. The van der Waals surface area contributed by atoms with Crippen LogP contribution in [0.5, 0.6) is 17.2 Å². The first kappa shape index (κ1) is 33.8. The first-order valence-electron chi connectivity index (χ1n) is 14.3. The number of phenols is 1. The number of alkyl halides is 6. The third kappa shape index (κ3) is 9.47. The van der Waals surface area contributed by atoms with Crippen molar-refractivity contribution in [3.8, 4) is 17.2 Å². The van der Waals surface area contributed by atoms with Gasteiger partial charge >= 0.3 is 12.4 Å². The number of aromatic hydroxyl groups is 1. The predicted octanol–water partition coefficient (Wildman–Crippen LogP) is 9.50. The minimum absolute atomic E-state index is 0.0529. The standard InChI is InChI=1S/C32H31F6N2O4P/c1-2-4-20(17-45-18-26-27(40-45)16-15-25(29(26)42)30(43)39-19-31(33,34)35)5-3-6-28(41)21-7-11-23(12-8-21)44-24-13-9-22(10-14-24)32(36,37)38/h7-16,18,20,42H,2-6,17,19H2,1H3,(H,39,43). The fourth-order valence-electron chi connectivity index (χ4n) is 4.93. The number of hydrogen-bond acceptors (Lipinski definition) is 5. The Bertz CT molecular complexity index is 1620. The average molecular weight is 653 g/mol. The van der Waals surface area contributed by atoms with E-state index in [1.54, 1.807) is 35.4 Å². The highest BCUT2D eigenvalue weighted by Crippen LogP contribution is 2.41. The third-order valence-electron chi connectivity index (χ3n) is 7.15. The van der Waals surface area contributed by atoms with Crippen molar-refractivity contribution in [3.63, 3.8) is 0 Å². The van der Waals surface area contributed by atoms with Crippen LogP contribution in [0.1, 0.15) is 65.3 Å². The molecule has 0 saturated carbocycles. The predicted molar refractivity (Wildman–Crippen MR) is 159 cm³/mol. The van der Waals surface area contributed by atoms with Gasteiger partial charge in [-0.1, -0.05) is 19.8 Å². The molecule has 6 nitrogen and oxygen atoms in total. The molecule has 13 heteroatoms. The maximum Gasteiger partial charge on any atom is 0.416 e. The number of Topliss-reactive ketones (excluding diaryl/α,β-unsaturated/α-hetero) is 1. The molecule has 2 N–H and O–H groups in total. The van der Waals surface area contributed by atoms with Gasteiger partial charge in [0.25, 0.3) is 5.91 Å². The van der Waals surface area contributed by atoms with Gasteiger partial charge in [0.1, 0.15) is 23.8 Å². The highest BCUT2D eigenvalue weighted by molar-refractivity contribution is 7.44. The van der Waals surface area contributed by atoms with Crippen LogP contribution in [0.25, 0.3) is 10.9 Å². The first-order chi connectivity index (χ1) is 21.2. The van der Waals surface area contributed by atoms with Gasteiger partial charge in [0.05, 0.1) is 16.6 Å². The van der Waals surface area contributed by atoms with E-state index in [4.69, 9.17) is 4.74 Å². The zero-order valence-electron chi connectivity index (χ0n) is 24.2. The van der Waals surface area contributed by atoms with Crippen LogP contribution in [-0.4, -0.2) is 34.3 Å². The van der Waals surface area contributed by atoms with Crippen molar-refractivity contribution < 1.29 is 45.8 Å². The lowest BCUT2D eigenvalue weighted by atomic mass is 9.97. The van der Waals surface area contributed by atoms with Crippen molar-refractivity contribution in [2.75, 3.05) is 6.54 Å². The second-order valence-corrected chi connectivity index (χ2v) is 12.4. The summed E-state index contributed by atoms with van der Waals surface area (Å²) in [6.07, 6.45) is -4.76. The summed E-state index contributed by atoms with van der Waals surface area (Å²) in [5.74, 6) is 1.18. The fraction of sp³-hybridized carbons (Fsp3) is 0.344. The number of carbonyl (C=O) groups excluding carboxylic acids is 2. The molecule has 0 aliphatic carbocycles. The number of amides is 1. The van der Waals surface area contributed by atoms with Gasteiger partial charge in [-0.25, -0.2) is 4.75 Å². The minimum Gasteiger partial charge on any atom is -0.506 e. The molecule has 4 rings (SSSR count). The Morgan fingerprint density at radius 1 is 0.933 bits per heavy atom. The topological polar surface area (TPSA) is 88.5 Å². The number of halogens is 6. The van der Waals surface area contributed by atoms with Crippen LogP contribution in [0, 0.1) is 5.92 Å². The van der Waals surface area contributed by atoms with Crippen LogP contribution in [0.4, 0.5) is 26.3 Å². The molecule has 0 spiro atoms. The van der Waals surface area contributed by atoms with Gasteiger partial charge in [-0.05, 0) is 92.9 Å². The van der Waals surface area contributed by atoms with Crippen molar-refractivity contribution in [1.29, 1.82) is 0 Å². The van der Waals surface area contributed by atoms with Crippen LogP contribution in [0.3, 0.4) is 0 Å². The van der Waals surface area contributed by atoms with Crippen LogP contribution in [0.2, 0.25) is 0 Å². The Balaban J connectivity index is 1.31. The SMILES string of the molecule is CCCC(CCCC(=O)c1ccc(Oc2ccc(C(F)(F)F)cc2)cc1)Cp1cc2c(O)c(C(=O)NCC(F)(F)F)ccc2n1. The number of benzene rings is 3. The number of nitrogens with one attached hydrogen (secondary N) is 1. The smallest absolute Gasteiger partial charge is 0.416 e. The fourth-order valence-corrected chi connectivity index (χ4v) is 7.08. The molecule has 4 aromatic rings. The maximum atomic E-state index is 12.8. The van der Waals surface area contributed by atoms with Gasteiger partial charge in [0.2, 0.25) is 0 Å². The number of nitrogens with zero attached hydrogens (tertiary/aromatic N) is 1. The lowest BCUT2D eigenvalue weighted by Crippen LogP contribution is -2.33. The Kier molecular flexibility index (Phi) is 10.8. The van der Waals surface area contributed by atoms with Crippen LogP contribution < -0.4 is 10.1 Å². The summed E-state index contributed by atoms with van der Waals surface area (Å²) in [4.78, 5) is 25.0. The van der Waals surface area contributed by atoms with E-state index in [0.717, 1.165) is 31.4 Å². The van der Waals surface area contributed by atoms with E-state index in [0.29, 0.717) is 41.2 Å². The summed E-state index contributed by atoms with van der Waals surface area (Å²) in [5, 5.41) is 12.7. The lowest BCUT2D eigenvalue weighted by molar-refractivity contribution is -0.137. The monoisotopic (exact) mass is 652 g/mol. The van der Waals surface area contributed by atoms with E-state index in [9.17, 15) is 41.0 Å². The number of fused-ring (bicyclic) bond motifs is 1. The quantitative estimate of drug-likeness (QED) is 0.111. The molecule has 45 heavy (non-hydrogen) atoms. The van der Waals surface area contributed by atoms with Crippen LogP contribution in [-0.2, 0) is 12.3 Å². The van der Waals surface area contributed by atoms with Gasteiger partial charge in [-0.2, -0.15) is 26.3 Å². The van der Waals surface area contributed by atoms with E-state index in [1.165, 1.54) is 24.3 Å². The van der Waals surface area contributed by atoms with Crippen molar-refractivity contribution in [1.82, 2.24) is 10.1 Å². The van der Waals surface area contributed by atoms with Gasteiger partial charge in [-0.3, -0.25) is 9.59 Å². The van der Waals surface area contributed by atoms with E-state index in [2.05, 4.69) is 11.7 Å². The third-order valence-corrected chi connectivity index (χ3v) is 9.07. The molecule has 0 aliphatic rings. The summed E-state index contributed by atoms with van der Waals surface area (Å²) >= 11 is 0. The highest BCUT2D eigenvalue weighted by atomic mass is 31.1. The molecule has 0 fully saturated rings. The molecule has 2 atom stereocenters. The van der Waals surface area contributed by atoms with Crippen molar-refractivity contribution in [2.24, 2.45) is 5.92 Å². The van der Waals surface area contributed by atoms with Gasteiger partial charge in [-0.15, -0.1) is 0 Å². The highest BCUT2D eigenvalue weighted by Gasteiger charge is 2.30. The summed E-state index contributed by atoms with van der Waals surface area (Å²) in [6.45, 7) is 0.553. The lowest BCUT2D eigenvalue weighted by Gasteiger charge is -2.15. The molecule has 0 saturated heterocycles. The number of phenolic OH excluding ortho intramolecular Hbond substituents is 1. The number of ether oxygens (including phenoxy) is 1. The normalized spacial score (nSPS) is 13.1. The molecule has 2 unspecified atom stereocenters. The van der Waals surface area contributed by atoms with Gasteiger partial charge in [0.15, 0.2) is 5.78 Å². The van der Waals surface area contributed by atoms with E-state index >= 15 is 0 Å². The number of hydrogen-bond donors (Lipinski definition) is 2. The average Bonchev–Trinajstić information content (AvgIpc) is 3.39. The molecule has 0 aliphatic heterocycles. The van der Waals surface area contributed by atoms with Gasteiger partial charge < -0.3 is 15.2 Å². The van der Waals surface area contributed by atoms with Crippen LogP contribution >= 0.6 is 7.69 Å². The van der Waals surface area contributed by atoms with Crippen molar-refractivity contribution in [3.05, 3.63) is 83.2 Å². The molecule has 0 bridgehead atoms. The van der Waals surface area contributed by atoms with Crippen molar-refractivity contribution in [2.45, 2.75) is 57.5 Å². The number of carbonyl (C=O) groups is 2.